The van der Waals surface area contributed by atoms with Gasteiger partial charge < -0.3 is 5.32 Å². The summed E-state index contributed by atoms with van der Waals surface area (Å²) in [6.07, 6.45) is 0. The number of amides is 2. The van der Waals surface area contributed by atoms with Crippen LogP contribution in [0.2, 0.25) is 0 Å². The minimum absolute atomic E-state index is 0.0586. The van der Waals surface area contributed by atoms with Crippen molar-refractivity contribution >= 4 is 34.7 Å². The zero-order valence-corrected chi connectivity index (χ0v) is 13.8. The number of aryl methyl sites for hydroxylation is 1. The largest absolute Gasteiger partial charge is 0.319 e. The summed E-state index contributed by atoms with van der Waals surface area (Å²) >= 11 is 0. The average Bonchev–Trinajstić information content (AvgIpc) is 2.63. The summed E-state index contributed by atoms with van der Waals surface area (Å²) in [5.41, 5.74) is 4.42. The maximum atomic E-state index is 12.4. The number of hydrogen-bond donors (Lipinski definition) is 2. The van der Waals surface area contributed by atoms with Crippen molar-refractivity contribution in [3.8, 4) is 0 Å². The highest BCUT2D eigenvalue weighted by atomic mass is 16.6. The number of hydrogen-bond acceptors (Lipinski definition) is 6. The van der Waals surface area contributed by atoms with Crippen molar-refractivity contribution in [2.75, 3.05) is 16.9 Å². The van der Waals surface area contributed by atoms with Crippen LogP contribution in [0.5, 0.6) is 0 Å². The molecule has 132 valence electrons. The summed E-state index contributed by atoms with van der Waals surface area (Å²) in [5, 5.41) is 14.6. The van der Waals surface area contributed by atoms with E-state index in [1.807, 2.05) is 19.1 Å². The molecule has 2 aromatic rings. The molecule has 0 aromatic heterocycles. The van der Waals surface area contributed by atoms with Gasteiger partial charge in [0.15, 0.2) is 0 Å². The first kappa shape index (κ1) is 17.1. The molecule has 9 nitrogen and oxygen atoms in total. The van der Waals surface area contributed by atoms with Crippen LogP contribution in [0.4, 0.5) is 17.1 Å². The van der Waals surface area contributed by atoms with Gasteiger partial charge in [0.2, 0.25) is 5.84 Å². The van der Waals surface area contributed by atoms with Gasteiger partial charge in [-0.15, -0.1) is 0 Å². The first-order valence-corrected chi connectivity index (χ1v) is 7.70. The summed E-state index contributed by atoms with van der Waals surface area (Å²) < 4.78 is 0. The van der Waals surface area contributed by atoms with Gasteiger partial charge in [-0.2, -0.15) is 0 Å². The molecule has 1 aliphatic heterocycles. The highest BCUT2D eigenvalue weighted by molar-refractivity contribution is 6.43. The molecular formula is C17H15N5O4. The fourth-order valence-corrected chi connectivity index (χ4v) is 2.33. The Morgan fingerprint density at radius 2 is 2.00 bits per heavy atom. The molecule has 0 spiro atoms. The molecule has 3 rings (SSSR count). The number of rotatable bonds is 4. The maximum Gasteiger partial charge on any atom is 0.292 e. The predicted molar refractivity (Wildman–Crippen MR) is 95.8 cm³/mol. The molecule has 0 bridgehead atoms. The summed E-state index contributed by atoms with van der Waals surface area (Å²) in [4.78, 5) is 38.6. The highest BCUT2D eigenvalue weighted by Gasteiger charge is 2.25. The smallest absolute Gasteiger partial charge is 0.292 e. The topological polar surface area (TPSA) is 117 Å². The van der Waals surface area contributed by atoms with Crippen molar-refractivity contribution in [1.29, 1.82) is 0 Å². The fourth-order valence-electron chi connectivity index (χ4n) is 2.33. The number of nitrogens with zero attached hydrogens (tertiary/aromatic N) is 3. The van der Waals surface area contributed by atoms with E-state index in [0.717, 1.165) is 5.56 Å². The monoisotopic (exact) mass is 353 g/mol. The normalized spacial score (nSPS) is 13.7. The number of anilines is 2. The molecule has 0 unspecified atom stereocenters. The van der Waals surface area contributed by atoms with Crippen molar-refractivity contribution in [2.24, 2.45) is 4.99 Å². The molecule has 1 heterocycles. The van der Waals surface area contributed by atoms with Crippen LogP contribution in [0, 0.1) is 17.0 Å². The Morgan fingerprint density at radius 1 is 1.27 bits per heavy atom. The van der Waals surface area contributed by atoms with Crippen molar-refractivity contribution in [3.05, 3.63) is 64.2 Å². The second-order valence-electron chi connectivity index (χ2n) is 5.60. The first-order valence-electron chi connectivity index (χ1n) is 7.70. The first-order chi connectivity index (χ1) is 12.4. The zero-order valence-electron chi connectivity index (χ0n) is 13.8. The van der Waals surface area contributed by atoms with Crippen LogP contribution in [0.1, 0.15) is 5.56 Å². The number of non-ortho nitro benzene ring substituents is 1. The Balaban J connectivity index is 1.75. The number of nitrogens with one attached hydrogen (secondary N) is 2. The standard InChI is InChI=1S/C17H15N5O4/c1-11-5-7-13(8-6-11)21-15(23)10-18-16(20-21)17(24)19-12-3-2-4-14(9-12)22(25)26/h2-9H,10H2,1H3,(H,18,20)(H,19,24). The summed E-state index contributed by atoms with van der Waals surface area (Å²) in [5.74, 6) is -0.965. The molecule has 2 N–H and O–H groups in total. The number of nitro groups is 1. The lowest BCUT2D eigenvalue weighted by Crippen LogP contribution is -2.54. The quantitative estimate of drug-likeness (QED) is 0.642. The van der Waals surface area contributed by atoms with E-state index in [1.54, 1.807) is 12.1 Å². The lowest BCUT2D eigenvalue weighted by Gasteiger charge is -2.27. The van der Waals surface area contributed by atoms with E-state index < -0.39 is 10.8 Å². The Bertz CT molecular complexity index is 908. The fraction of sp³-hybridized carbons (Fsp3) is 0.118. The van der Waals surface area contributed by atoms with E-state index >= 15 is 0 Å². The van der Waals surface area contributed by atoms with Crippen LogP contribution in [0.3, 0.4) is 0 Å². The van der Waals surface area contributed by atoms with Gasteiger partial charge >= 0.3 is 0 Å². The van der Waals surface area contributed by atoms with Gasteiger partial charge in [-0.05, 0) is 25.1 Å². The molecule has 9 heteroatoms. The van der Waals surface area contributed by atoms with E-state index in [9.17, 15) is 19.7 Å². The molecular weight excluding hydrogens is 338 g/mol. The van der Waals surface area contributed by atoms with E-state index in [0.29, 0.717) is 5.69 Å². The third-order valence-electron chi connectivity index (χ3n) is 3.66. The molecule has 26 heavy (non-hydrogen) atoms. The van der Waals surface area contributed by atoms with E-state index in [2.05, 4.69) is 15.7 Å². The lowest BCUT2D eigenvalue weighted by molar-refractivity contribution is -0.384. The van der Waals surface area contributed by atoms with Gasteiger partial charge in [0.1, 0.15) is 6.54 Å². The highest BCUT2D eigenvalue weighted by Crippen LogP contribution is 2.18. The lowest BCUT2D eigenvalue weighted by atomic mass is 10.2. The van der Waals surface area contributed by atoms with Gasteiger partial charge in [-0.1, -0.05) is 23.8 Å². The number of amidine groups is 1. The van der Waals surface area contributed by atoms with E-state index in [-0.39, 0.29) is 29.7 Å². The minimum Gasteiger partial charge on any atom is -0.319 e. The second kappa shape index (κ2) is 7.01. The SMILES string of the molecule is Cc1ccc(N2NC(C(=O)Nc3cccc([N+](=O)[O-])c3)=NCC2=O)cc1. The molecule has 0 atom stereocenters. The third-order valence-corrected chi connectivity index (χ3v) is 3.66. The van der Waals surface area contributed by atoms with Gasteiger partial charge in [-0.3, -0.25) is 30.1 Å². The van der Waals surface area contributed by atoms with Crippen LogP contribution < -0.4 is 15.8 Å². The van der Waals surface area contributed by atoms with Gasteiger partial charge in [0, 0.05) is 17.8 Å². The molecule has 0 saturated heterocycles. The zero-order chi connectivity index (χ0) is 18.7. The summed E-state index contributed by atoms with van der Waals surface area (Å²) in [6.45, 7) is 1.74. The molecule has 0 saturated carbocycles. The minimum atomic E-state index is -0.602. The van der Waals surface area contributed by atoms with Crippen molar-refractivity contribution in [3.63, 3.8) is 0 Å². The Kier molecular flexibility index (Phi) is 4.61. The molecule has 0 radical (unpaired) electrons. The van der Waals surface area contributed by atoms with Crippen molar-refractivity contribution < 1.29 is 14.5 Å². The molecule has 0 aliphatic carbocycles. The number of nitro benzene ring substituents is 1. The van der Waals surface area contributed by atoms with Gasteiger partial charge in [-0.25, -0.2) is 5.01 Å². The predicted octanol–water partition coefficient (Wildman–Crippen LogP) is 1.79. The number of carbonyl (C=O) groups is 2. The van der Waals surface area contributed by atoms with Crippen molar-refractivity contribution in [1.82, 2.24) is 5.43 Å². The van der Waals surface area contributed by atoms with Gasteiger partial charge in [0.25, 0.3) is 17.5 Å². The molecule has 2 amide bonds. The van der Waals surface area contributed by atoms with Crippen LogP contribution >= 0.6 is 0 Å². The second-order valence-corrected chi connectivity index (χ2v) is 5.60. The van der Waals surface area contributed by atoms with Crippen LogP contribution in [0.15, 0.2) is 53.5 Å². The third kappa shape index (κ3) is 3.66. The van der Waals surface area contributed by atoms with E-state index in [1.165, 1.54) is 29.3 Å². The Hall–Kier alpha value is -3.75. The summed E-state index contributed by atoms with van der Waals surface area (Å²) in [6, 6.07) is 12.7. The average molecular weight is 353 g/mol. The van der Waals surface area contributed by atoms with Crippen LogP contribution in [-0.2, 0) is 9.59 Å². The van der Waals surface area contributed by atoms with Crippen molar-refractivity contribution in [2.45, 2.75) is 6.92 Å². The summed E-state index contributed by atoms with van der Waals surface area (Å²) in [7, 11) is 0. The van der Waals surface area contributed by atoms with Crippen LogP contribution in [-0.4, -0.2) is 29.1 Å². The number of carbonyl (C=O) groups excluding carboxylic acids is 2. The Morgan fingerprint density at radius 3 is 2.69 bits per heavy atom. The molecule has 1 aliphatic rings. The maximum absolute atomic E-state index is 12.4. The number of benzene rings is 2. The van der Waals surface area contributed by atoms with Gasteiger partial charge in [0.05, 0.1) is 10.6 Å². The molecule has 0 fully saturated rings. The van der Waals surface area contributed by atoms with E-state index in [4.69, 9.17) is 0 Å². The van der Waals surface area contributed by atoms with Crippen LogP contribution in [0.25, 0.3) is 0 Å². The number of hydrazine groups is 1. The number of aliphatic imine (C=N–C) groups is 1. The molecule has 2 aromatic carbocycles. The Labute approximate surface area is 148 Å².